The highest BCUT2D eigenvalue weighted by Gasteiger charge is 2.32. The molecule has 196 valence electrons. The maximum Gasteiger partial charge on any atom is 0.264 e. The van der Waals surface area contributed by atoms with E-state index >= 15 is 0 Å². The second-order valence-corrected chi connectivity index (χ2v) is 10.9. The molecule has 0 aliphatic rings. The molecule has 0 aliphatic carbocycles. The van der Waals surface area contributed by atoms with Crippen LogP contribution in [0.2, 0.25) is 5.02 Å². The number of likely N-dealkylation sites (N-methyl/N-ethyl adjacent to an activating group) is 1. The Balaban J connectivity index is 2.02. The average Bonchev–Trinajstić information content (AvgIpc) is 2.90. The first-order chi connectivity index (χ1) is 17.7. The van der Waals surface area contributed by atoms with Gasteiger partial charge in [-0.25, -0.2) is 8.42 Å². The standard InChI is InChI=1S/C28H32ClN3O4S/c1-4-22-14-16-25(17-15-22)32(37(35,36)26-12-7-6-8-13-26)20-27(33)31(21(3)28(34)30-5-2)19-23-10-9-11-24(29)18-23/h6-18,21H,4-5,19-20H2,1-3H3,(H,30,34)/t21-/m1/s1. The summed E-state index contributed by atoms with van der Waals surface area (Å²) in [6.45, 7) is 5.44. The van der Waals surface area contributed by atoms with Gasteiger partial charge in [-0.3, -0.25) is 13.9 Å². The molecular weight excluding hydrogens is 510 g/mol. The lowest BCUT2D eigenvalue weighted by Gasteiger charge is -2.32. The smallest absolute Gasteiger partial charge is 0.264 e. The van der Waals surface area contributed by atoms with Crippen molar-refractivity contribution >= 4 is 39.1 Å². The molecule has 1 N–H and O–H groups in total. The van der Waals surface area contributed by atoms with Crippen LogP contribution in [-0.4, -0.2) is 44.3 Å². The number of benzene rings is 3. The molecule has 0 spiro atoms. The van der Waals surface area contributed by atoms with Crippen molar-refractivity contribution in [2.24, 2.45) is 0 Å². The zero-order valence-electron chi connectivity index (χ0n) is 21.2. The van der Waals surface area contributed by atoms with Crippen LogP contribution in [0.5, 0.6) is 0 Å². The average molecular weight is 542 g/mol. The minimum atomic E-state index is -4.07. The number of hydrogen-bond donors (Lipinski definition) is 1. The molecule has 1 atom stereocenters. The first kappa shape index (κ1) is 28.2. The van der Waals surface area contributed by atoms with Crippen LogP contribution in [0.1, 0.15) is 31.9 Å². The van der Waals surface area contributed by atoms with Gasteiger partial charge in [0.05, 0.1) is 10.6 Å². The predicted molar refractivity (Wildman–Crippen MR) is 147 cm³/mol. The van der Waals surface area contributed by atoms with Crippen LogP contribution < -0.4 is 9.62 Å². The van der Waals surface area contributed by atoms with Crippen molar-refractivity contribution in [3.05, 3.63) is 95.0 Å². The molecule has 37 heavy (non-hydrogen) atoms. The molecule has 0 unspecified atom stereocenters. The molecule has 0 heterocycles. The van der Waals surface area contributed by atoms with E-state index in [0.29, 0.717) is 17.3 Å². The monoisotopic (exact) mass is 541 g/mol. The van der Waals surface area contributed by atoms with Gasteiger partial charge in [-0.1, -0.05) is 61.0 Å². The first-order valence-electron chi connectivity index (χ1n) is 12.2. The lowest BCUT2D eigenvalue weighted by molar-refractivity contribution is -0.139. The highest BCUT2D eigenvalue weighted by Crippen LogP contribution is 2.25. The summed E-state index contributed by atoms with van der Waals surface area (Å²) < 4.78 is 28.5. The van der Waals surface area contributed by atoms with Crippen LogP contribution in [0.25, 0.3) is 0 Å². The summed E-state index contributed by atoms with van der Waals surface area (Å²) in [5.41, 5.74) is 2.13. The van der Waals surface area contributed by atoms with Crippen molar-refractivity contribution in [3.8, 4) is 0 Å². The molecule has 0 aliphatic heterocycles. The van der Waals surface area contributed by atoms with Crippen molar-refractivity contribution in [3.63, 3.8) is 0 Å². The van der Waals surface area contributed by atoms with E-state index in [2.05, 4.69) is 5.32 Å². The number of anilines is 1. The molecule has 2 amide bonds. The molecule has 7 nitrogen and oxygen atoms in total. The van der Waals surface area contributed by atoms with Crippen molar-refractivity contribution in [1.82, 2.24) is 10.2 Å². The van der Waals surface area contributed by atoms with Gasteiger partial charge in [-0.05, 0) is 67.8 Å². The topological polar surface area (TPSA) is 86.8 Å². The van der Waals surface area contributed by atoms with Crippen molar-refractivity contribution < 1.29 is 18.0 Å². The van der Waals surface area contributed by atoms with Crippen LogP contribution in [0.4, 0.5) is 5.69 Å². The summed E-state index contributed by atoms with van der Waals surface area (Å²) in [7, 11) is -4.07. The highest BCUT2D eigenvalue weighted by atomic mass is 35.5. The third-order valence-corrected chi connectivity index (χ3v) is 8.03. The summed E-state index contributed by atoms with van der Waals surface area (Å²) in [6.07, 6.45) is 0.794. The fourth-order valence-electron chi connectivity index (χ4n) is 3.88. The zero-order chi connectivity index (χ0) is 27.0. The van der Waals surface area contributed by atoms with Gasteiger partial charge < -0.3 is 10.2 Å². The van der Waals surface area contributed by atoms with Crippen molar-refractivity contribution in [1.29, 1.82) is 0 Å². The minimum absolute atomic E-state index is 0.0699. The molecule has 0 aromatic heterocycles. The number of nitrogens with zero attached hydrogens (tertiary/aromatic N) is 2. The molecule has 0 bridgehead atoms. The predicted octanol–water partition coefficient (Wildman–Crippen LogP) is 4.65. The molecule has 3 aromatic rings. The Bertz CT molecular complexity index is 1310. The summed E-state index contributed by atoms with van der Waals surface area (Å²) in [4.78, 5) is 28.0. The SMILES string of the molecule is CCNC(=O)[C@@H](C)N(Cc1cccc(Cl)c1)C(=O)CN(c1ccc(CC)cc1)S(=O)(=O)c1ccccc1. The fourth-order valence-corrected chi connectivity index (χ4v) is 5.53. The largest absolute Gasteiger partial charge is 0.355 e. The molecule has 3 rings (SSSR count). The van der Waals surface area contributed by atoms with E-state index in [9.17, 15) is 18.0 Å². The third-order valence-electron chi connectivity index (χ3n) is 6.00. The van der Waals surface area contributed by atoms with Gasteiger partial charge in [0.25, 0.3) is 10.0 Å². The maximum absolute atomic E-state index is 13.8. The number of rotatable bonds is 11. The van der Waals surface area contributed by atoms with Crippen LogP contribution in [0.15, 0.2) is 83.8 Å². The van der Waals surface area contributed by atoms with E-state index in [1.807, 2.05) is 19.1 Å². The minimum Gasteiger partial charge on any atom is -0.355 e. The van der Waals surface area contributed by atoms with E-state index in [1.165, 1.54) is 17.0 Å². The van der Waals surface area contributed by atoms with Crippen LogP contribution in [-0.2, 0) is 32.6 Å². The first-order valence-corrected chi connectivity index (χ1v) is 14.0. The van der Waals surface area contributed by atoms with Gasteiger partial charge >= 0.3 is 0 Å². The fraction of sp³-hybridized carbons (Fsp3) is 0.286. The van der Waals surface area contributed by atoms with Crippen LogP contribution in [0.3, 0.4) is 0 Å². The summed E-state index contributed by atoms with van der Waals surface area (Å²) in [5.74, 6) is -0.847. The Kier molecular flexibility index (Phi) is 9.72. The number of carbonyl (C=O) groups is 2. The quantitative estimate of drug-likeness (QED) is 0.383. The van der Waals surface area contributed by atoms with Gasteiger partial charge in [-0.2, -0.15) is 0 Å². The number of sulfonamides is 1. The van der Waals surface area contributed by atoms with E-state index in [4.69, 9.17) is 11.6 Å². The molecule has 0 fully saturated rings. The number of halogens is 1. The number of hydrogen-bond acceptors (Lipinski definition) is 4. The molecule has 3 aromatic carbocycles. The number of nitrogens with one attached hydrogen (secondary N) is 1. The Morgan fingerprint density at radius 2 is 1.59 bits per heavy atom. The molecular formula is C28H32ClN3O4S. The Morgan fingerprint density at radius 3 is 2.19 bits per heavy atom. The van der Waals surface area contributed by atoms with Gasteiger partial charge in [-0.15, -0.1) is 0 Å². The summed E-state index contributed by atoms with van der Waals surface area (Å²) >= 11 is 6.15. The van der Waals surface area contributed by atoms with Gasteiger partial charge in [0.1, 0.15) is 12.6 Å². The molecule has 9 heteroatoms. The number of amides is 2. The zero-order valence-corrected chi connectivity index (χ0v) is 22.8. The van der Waals surface area contributed by atoms with Gasteiger partial charge in [0.2, 0.25) is 11.8 Å². The normalized spacial score (nSPS) is 12.0. The number of aryl methyl sites for hydroxylation is 1. The van der Waals surface area contributed by atoms with E-state index in [1.54, 1.807) is 68.4 Å². The maximum atomic E-state index is 13.8. The summed E-state index contributed by atoms with van der Waals surface area (Å²) in [5, 5.41) is 3.24. The van der Waals surface area contributed by atoms with E-state index in [-0.39, 0.29) is 17.3 Å². The second-order valence-electron chi connectivity index (χ2n) is 8.57. The summed E-state index contributed by atoms with van der Waals surface area (Å²) in [6, 6.07) is 21.2. The van der Waals surface area contributed by atoms with E-state index < -0.39 is 28.5 Å². The van der Waals surface area contributed by atoms with Crippen LogP contribution >= 0.6 is 11.6 Å². The Hall–Kier alpha value is -3.36. The molecule has 0 saturated carbocycles. The molecule has 0 radical (unpaired) electrons. The van der Waals surface area contributed by atoms with Gasteiger partial charge in [0, 0.05) is 18.1 Å². The van der Waals surface area contributed by atoms with Crippen molar-refractivity contribution in [2.75, 3.05) is 17.4 Å². The van der Waals surface area contributed by atoms with Crippen LogP contribution in [0, 0.1) is 0 Å². The second kappa shape index (κ2) is 12.7. The Labute approximate surface area is 224 Å². The Morgan fingerprint density at radius 1 is 0.919 bits per heavy atom. The van der Waals surface area contributed by atoms with Crippen molar-refractivity contribution in [2.45, 2.75) is 44.7 Å². The lowest BCUT2D eigenvalue weighted by Crippen LogP contribution is -2.51. The lowest BCUT2D eigenvalue weighted by atomic mass is 10.1. The highest BCUT2D eigenvalue weighted by molar-refractivity contribution is 7.92. The third kappa shape index (κ3) is 7.11. The number of carbonyl (C=O) groups excluding carboxylic acids is 2. The van der Waals surface area contributed by atoms with E-state index in [0.717, 1.165) is 21.9 Å². The van der Waals surface area contributed by atoms with Gasteiger partial charge in [0.15, 0.2) is 0 Å². The molecule has 0 saturated heterocycles.